The first-order valence-corrected chi connectivity index (χ1v) is 7.14. The molecule has 1 amide bonds. The summed E-state index contributed by atoms with van der Waals surface area (Å²) in [7, 11) is 0. The molecule has 0 spiro atoms. The molecule has 0 aromatic heterocycles. The summed E-state index contributed by atoms with van der Waals surface area (Å²) in [4.78, 5) is 12.2. The maximum atomic E-state index is 12.2. The molecule has 0 aliphatic carbocycles. The van der Waals surface area contributed by atoms with E-state index in [9.17, 15) is 10.1 Å². The van der Waals surface area contributed by atoms with Crippen LogP contribution in [0.25, 0.3) is 6.08 Å². The Balaban J connectivity index is 2.24. The summed E-state index contributed by atoms with van der Waals surface area (Å²) < 4.78 is 0.770. The highest BCUT2D eigenvalue weighted by atomic mass is 79.9. The zero-order valence-corrected chi connectivity index (χ0v) is 13.0. The summed E-state index contributed by atoms with van der Waals surface area (Å²) >= 11 is 3.36. The Hall–Kier alpha value is -2.38. The predicted molar refractivity (Wildman–Crippen MR) is 87.5 cm³/mol. The number of para-hydroxylation sites is 1. The van der Waals surface area contributed by atoms with Gasteiger partial charge in [0.25, 0.3) is 5.91 Å². The number of nitrogens with zero attached hydrogens (tertiary/aromatic N) is 1. The van der Waals surface area contributed by atoms with Gasteiger partial charge in [-0.25, -0.2) is 0 Å². The zero-order valence-electron chi connectivity index (χ0n) is 11.4. The molecule has 2 aromatic carbocycles. The van der Waals surface area contributed by atoms with E-state index in [-0.39, 0.29) is 5.57 Å². The normalized spacial score (nSPS) is 10.8. The molecule has 0 aliphatic heterocycles. The van der Waals surface area contributed by atoms with Crippen molar-refractivity contribution in [3.05, 3.63) is 69.7 Å². The number of amides is 1. The number of rotatable bonds is 3. The fourth-order valence-corrected chi connectivity index (χ4v) is 2.21. The van der Waals surface area contributed by atoms with Crippen LogP contribution in [-0.2, 0) is 4.79 Å². The van der Waals surface area contributed by atoms with Crippen LogP contribution in [0, 0.1) is 18.3 Å². The van der Waals surface area contributed by atoms with E-state index in [1.54, 1.807) is 12.1 Å². The Morgan fingerprint density at radius 1 is 1.24 bits per heavy atom. The van der Waals surface area contributed by atoms with Crippen molar-refractivity contribution in [1.29, 1.82) is 5.26 Å². The molecule has 1 N–H and O–H groups in total. The summed E-state index contributed by atoms with van der Waals surface area (Å²) in [6, 6.07) is 16.8. The molecule has 2 aromatic rings. The van der Waals surface area contributed by atoms with Crippen LogP contribution in [-0.4, -0.2) is 5.91 Å². The van der Waals surface area contributed by atoms with Gasteiger partial charge in [0.1, 0.15) is 11.6 Å². The number of hydrogen-bond acceptors (Lipinski definition) is 2. The molecule has 0 unspecified atom stereocenters. The SMILES string of the molecule is Cc1cccc(/C=C(\C#N)C(=O)Nc2ccccc2Br)c1. The van der Waals surface area contributed by atoms with Crippen molar-refractivity contribution in [3.63, 3.8) is 0 Å². The van der Waals surface area contributed by atoms with Gasteiger partial charge >= 0.3 is 0 Å². The smallest absolute Gasteiger partial charge is 0.266 e. The van der Waals surface area contributed by atoms with Crippen molar-refractivity contribution in [2.45, 2.75) is 6.92 Å². The number of aryl methyl sites for hydroxylation is 1. The minimum absolute atomic E-state index is 0.0661. The van der Waals surface area contributed by atoms with Crippen molar-refractivity contribution in [2.75, 3.05) is 5.32 Å². The first-order valence-electron chi connectivity index (χ1n) is 6.34. The average Bonchev–Trinajstić information content (AvgIpc) is 2.47. The van der Waals surface area contributed by atoms with Gasteiger partial charge in [-0.2, -0.15) is 5.26 Å². The maximum Gasteiger partial charge on any atom is 0.266 e. The van der Waals surface area contributed by atoms with E-state index < -0.39 is 5.91 Å². The van der Waals surface area contributed by atoms with E-state index in [0.717, 1.165) is 15.6 Å². The van der Waals surface area contributed by atoms with E-state index >= 15 is 0 Å². The van der Waals surface area contributed by atoms with Gasteiger partial charge in [0.15, 0.2) is 0 Å². The second-order valence-corrected chi connectivity index (χ2v) is 5.37. The van der Waals surface area contributed by atoms with E-state index in [4.69, 9.17) is 0 Å². The van der Waals surface area contributed by atoms with Crippen LogP contribution < -0.4 is 5.32 Å². The minimum atomic E-state index is -0.425. The summed E-state index contributed by atoms with van der Waals surface area (Å²) in [6.45, 7) is 1.96. The highest BCUT2D eigenvalue weighted by molar-refractivity contribution is 9.10. The monoisotopic (exact) mass is 340 g/mol. The molecule has 0 fully saturated rings. The van der Waals surface area contributed by atoms with Crippen molar-refractivity contribution in [1.82, 2.24) is 0 Å². The van der Waals surface area contributed by atoms with Crippen LogP contribution in [0.1, 0.15) is 11.1 Å². The molecule has 0 saturated carbocycles. The number of benzene rings is 2. The Morgan fingerprint density at radius 3 is 2.67 bits per heavy atom. The second kappa shape index (κ2) is 6.87. The second-order valence-electron chi connectivity index (χ2n) is 4.52. The van der Waals surface area contributed by atoms with Gasteiger partial charge in [0, 0.05) is 4.47 Å². The molecule has 2 rings (SSSR count). The number of hydrogen-bond donors (Lipinski definition) is 1. The number of carbonyl (C=O) groups is 1. The van der Waals surface area contributed by atoms with Gasteiger partial charge < -0.3 is 5.32 Å². The lowest BCUT2D eigenvalue weighted by Crippen LogP contribution is -2.13. The summed E-state index contributed by atoms with van der Waals surface area (Å²) in [5.74, 6) is -0.425. The standard InChI is InChI=1S/C17H13BrN2O/c1-12-5-4-6-13(9-12)10-14(11-19)17(21)20-16-8-3-2-7-15(16)18/h2-10H,1H3,(H,20,21)/b14-10+. The van der Waals surface area contributed by atoms with E-state index in [1.165, 1.54) is 0 Å². The molecule has 0 heterocycles. The van der Waals surface area contributed by atoms with Gasteiger partial charge in [0.05, 0.1) is 5.69 Å². The van der Waals surface area contributed by atoms with Crippen molar-refractivity contribution in [2.24, 2.45) is 0 Å². The van der Waals surface area contributed by atoms with E-state index in [2.05, 4.69) is 21.2 Å². The van der Waals surface area contributed by atoms with Crippen LogP contribution in [0.3, 0.4) is 0 Å². The van der Waals surface area contributed by atoms with Crippen molar-refractivity contribution >= 4 is 33.6 Å². The molecular weight excluding hydrogens is 328 g/mol. The largest absolute Gasteiger partial charge is 0.320 e. The quantitative estimate of drug-likeness (QED) is 0.668. The summed E-state index contributed by atoms with van der Waals surface area (Å²) in [6.07, 6.45) is 1.58. The van der Waals surface area contributed by atoms with Crippen LogP contribution in [0.5, 0.6) is 0 Å². The summed E-state index contributed by atoms with van der Waals surface area (Å²) in [5, 5.41) is 11.9. The number of carbonyl (C=O) groups excluding carboxylic acids is 1. The molecule has 0 bridgehead atoms. The minimum Gasteiger partial charge on any atom is -0.320 e. The molecule has 0 aliphatic rings. The van der Waals surface area contributed by atoms with Crippen LogP contribution >= 0.6 is 15.9 Å². The van der Waals surface area contributed by atoms with Gasteiger partial charge in [-0.1, -0.05) is 42.0 Å². The van der Waals surface area contributed by atoms with Crippen molar-refractivity contribution in [3.8, 4) is 6.07 Å². The molecule has 0 radical (unpaired) electrons. The number of halogens is 1. The van der Waals surface area contributed by atoms with Crippen molar-refractivity contribution < 1.29 is 4.79 Å². The number of nitriles is 1. The van der Waals surface area contributed by atoms with E-state index in [0.29, 0.717) is 5.69 Å². The Kier molecular flexibility index (Phi) is 4.91. The number of nitrogens with one attached hydrogen (secondary N) is 1. The average molecular weight is 341 g/mol. The Labute approximate surface area is 132 Å². The molecule has 0 atom stereocenters. The Bertz CT molecular complexity index is 744. The van der Waals surface area contributed by atoms with Gasteiger partial charge in [-0.3, -0.25) is 4.79 Å². The summed E-state index contributed by atoms with van der Waals surface area (Å²) in [5.41, 5.74) is 2.60. The molecule has 3 nitrogen and oxygen atoms in total. The van der Waals surface area contributed by atoms with Gasteiger partial charge in [0.2, 0.25) is 0 Å². The highest BCUT2D eigenvalue weighted by Crippen LogP contribution is 2.22. The third-order valence-electron chi connectivity index (χ3n) is 2.84. The highest BCUT2D eigenvalue weighted by Gasteiger charge is 2.10. The maximum absolute atomic E-state index is 12.2. The topological polar surface area (TPSA) is 52.9 Å². The fourth-order valence-electron chi connectivity index (χ4n) is 1.83. The Morgan fingerprint density at radius 2 is 2.00 bits per heavy atom. The van der Waals surface area contributed by atoms with Gasteiger partial charge in [-0.05, 0) is 46.6 Å². The first-order chi connectivity index (χ1) is 10.1. The molecule has 4 heteroatoms. The predicted octanol–water partition coefficient (Wildman–Crippen LogP) is 4.30. The lowest BCUT2D eigenvalue weighted by atomic mass is 10.1. The number of anilines is 1. The fraction of sp³-hybridized carbons (Fsp3) is 0.0588. The molecule has 0 saturated heterocycles. The molecule has 104 valence electrons. The van der Waals surface area contributed by atoms with Crippen LogP contribution in [0.2, 0.25) is 0 Å². The molecular formula is C17H13BrN2O. The molecule has 21 heavy (non-hydrogen) atoms. The lowest BCUT2D eigenvalue weighted by Gasteiger charge is -2.06. The van der Waals surface area contributed by atoms with E-state index in [1.807, 2.05) is 55.5 Å². The lowest BCUT2D eigenvalue weighted by molar-refractivity contribution is -0.112. The zero-order chi connectivity index (χ0) is 15.2. The third kappa shape index (κ3) is 4.04. The van der Waals surface area contributed by atoms with Crippen LogP contribution in [0.15, 0.2) is 58.6 Å². The first kappa shape index (κ1) is 15.0. The van der Waals surface area contributed by atoms with Gasteiger partial charge in [-0.15, -0.1) is 0 Å². The third-order valence-corrected chi connectivity index (χ3v) is 3.53. The van der Waals surface area contributed by atoms with Crippen LogP contribution in [0.4, 0.5) is 5.69 Å².